The number of fused-ring (bicyclic) bond motifs is 1. The lowest BCUT2D eigenvalue weighted by Crippen LogP contribution is -2.61. The Bertz CT molecular complexity index is 366. The molecule has 0 aromatic carbocycles. The number of aliphatic hydroxyl groups is 3. The van der Waals surface area contributed by atoms with Crippen LogP contribution < -0.4 is 5.32 Å². The van der Waals surface area contributed by atoms with E-state index in [2.05, 4.69) is 16.9 Å². The average Bonchev–Trinajstić information content (AvgIpc) is 2.77. The van der Waals surface area contributed by atoms with Crippen molar-refractivity contribution in [3.8, 4) is 0 Å². The van der Waals surface area contributed by atoms with Crippen molar-refractivity contribution in [2.75, 3.05) is 6.54 Å². The fourth-order valence-corrected chi connectivity index (χ4v) is 3.47. The van der Waals surface area contributed by atoms with Gasteiger partial charge < -0.3 is 25.4 Å². The van der Waals surface area contributed by atoms with Gasteiger partial charge in [0.1, 0.15) is 23.7 Å². The molecule has 2 aliphatic heterocycles. The molecule has 0 spiro atoms. The zero-order valence-electron chi connectivity index (χ0n) is 10.8. The SMILES string of the molecule is C=CC[C@H](O)[C@H]1O[C@@H]2SC(=NCC)N[C@@H]2C(O)[C@@H]1O. The first kappa shape index (κ1) is 14.8. The van der Waals surface area contributed by atoms with Gasteiger partial charge in [0.15, 0.2) is 5.17 Å². The van der Waals surface area contributed by atoms with Crippen LogP contribution in [0.15, 0.2) is 17.6 Å². The van der Waals surface area contributed by atoms with Gasteiger partial charge in [-0.15, -0.1) is 6.58 Å². The van der Waals surface area contributed by atoms with Crippen LogP contribution in [0.25, 0.3) is 0 Å². The molecule has 19 heavy (non-hydrogen) atoms. The number of nitrogens with one attached hydrogen (secondary N) is 1. The van der Waals surface area contributed by atoms with Crippen LogP contribution in [0.1, 0.15) is 13.3 Å². The molecule has 0 radical (unpaired) electrons. The molecular weight excluding hydrogens is 268 g/mol. The minimum absolute atomic E-state index is 0.305. The summed E-state index contributed by atoms with van der Waals surface area (Å²) in [5.74, 6) is 0. The first-order valence-electron chi connectivity index (χ1n) is 6.36. The van der Waals surface area contributed by atoms with Crippen LogP contribution in [0, 0.1) is 0 Å². The number of aliphatic hydroxyl groups excluding tert-OH is 3. The first-order valence-corrected chi connectivity index (χ1v) is 7.24. The highest BCUT2D eigenvalue weighted by Gasteiger charge is 2.50. The number of nitrogens with zero attached hydrogens (tertiary/aromatic N) is 1. The molecular formula is C12H20N2O4S. The summed E-state index contributed by atoms with van der Waals surface area (Å²) in [4.78, 5) is 4.23. The molecule has 108 valence electrons. The van der Waals surface area contributed by atoms with Crippen LogP contribution in [0.4, 0.5) is 0 Å². The molecule has 0 aliphatic carbocycles. The predicted octanol–water partition coefficient (Wildman–Crippen LogP) is -0.549. The molecule has 1 unspecified atom stereocenters. The third-order valence-electron chi connectivity index (χ3n) is 3.25. The molecule has 2 saturated heterocycles. The van der Waals surface area contributed by atoms with Crippen LogP contribution in [0.3, 0.4) is 0 Å². The molecule has 2 heterocycles. The van der Waals surface area contributed by atoms with E-state index >= 15 is 0 Å². The zero-order valence-corrected chi connectivity index (χ0v) is 11.6. The highest BCUT2D eigenvalue weighted by atomic mass is 32.2. The maximum atomic E-state index is 10.1. The van der Waals surface area contributed by atoms with Crippen molar-refractivity contribution in [3.63, 3.8) is 0 Å². The van der Waals surface area contributed by atoms with Crippen molar-refractivity contribution >= 4 is 16.9 Å². The summed E-state index contributed by atoms with van der Waals surface area (Å²) in [5, 5.41) is 33.8. The van der Waals surface area contributed by atoms with Gasteiger partial charge in [0.2, 0.25) is 0 Å². The Morgan fingerprint density at radius 1 is 1.53 bits per heavy atom. The molecule has 0 bridgehead atoms. The Labute approximate surface area is 116 Å². The van der Waals surface area contributed by atoms with E-state index < -0.39 is 30.5 Å². The van der Waals surface area contributed by atoms with E-state index in [-0.39, 0.29) is 5.44 Å². The summed E-state index contributed by atoms with van der Waals surface area (Å²) in [6.45, 7) is 6.10. The van der Waals surface area contributed by atoms with Gasteiger partial charge in [-0.1, -0.05) is 17.8 Å². The van der Waals surface area contributed by atoms with Gasteiger partial charge in [-0.05, 0) is 13.3 Å². The third kappa shape index (κ3) is 2.95. The van der Waals surface area contributed by atoms with E-state index in [1.54, 1.807) is 6.08 Å². The maximum Gasteiger partial charge on any atom is 0.159 e. The second-order valence-corrected chi connectivity index (χ2v) is 5.70. The van der Waals surface area contributed by atoms with Crippen LogP contribution in [-0.4, -0.2) is 62.9 Å². The fourth-order valence-electron chi connectivity index (χ4n) is 2.28. The summed E-state index contributed by atoms with van der Waals surface area (Å²) in [6, 6.07) is -0.405. The van der Waals surface area contributed by atoms with Crippen molar-refractivity contribution in [2.24, 2.45) is 4.99 Å². The summed E-state index contributed by atoms with van der Waals surface area (Å²) < 4.78 is 5.70. The Morgan fingerprint density at radius 2 is 2.26 bits per heavy atom. The first-order chi connectivity index (χ1) is 9.08. The highest BCUT2D eigenvalue weighted by molar-refractivity contribution is 8.14. The molecule has 0 aromatic heterocycles. The van der Waals surface area contributed by atoms with Crippen LogP contribution >= 0.6 is 11.8 Å². The minimum Gasteiger partial charge on any atom is -0.390 e. The maximum absolute atomic E-state index is 10.1. The molecule has 2 aliphatic rings. The third-order valence-corrected chi connectivity index (χ3v) is 4.35. The smallest absolute Gasteiger partial charge is 0.159 e. The van der Waals surface area contributed by atoms with E-state index in [9.17, 15) is 15.3 Å². The molecule has 6 atom stereocenters. The number of hydrogen-bond donors (Lipinski definition) is 4. The lowest BCUT2D eigenvalue weighted by Gasteiger charge is -2.40. The predicted molar refractivity (Wildman–Crippen MR) is 74.0 cm³/mol. The summed E-state index contributed by atoms with van der Waals surface area (Å²) in [7, 11) is 0. The van der Waals surface area contributed by atoms with Gasteiger partial charge in [0.25, 0.3) is 0 Å². The van der Waals surface area contributed by atoms with E-state index in [0.29, 0.717) is 18.1 Å². The second kappa shape index (κ2) is 6.23. The molecule has 0 saturated carbocycles. The van der Waals surface area contributed by atoms with Gasteiger partial charge in [-0.25, -0.2) is 0 Å². The lowest BCUT2D eigenvalue weighted by atomic mass is 9.93. The van der Waals surface area contributed by atoms with Crippen molar-refractivity contribution < 1.29 is 20.1 Å². The molecule has 0 amide bonds. The number of aliphatic imine (C=N–C) groups is 1. The second-order valence-electron chi connectivity index (χ2n) is 4.61. The normalized spacial score (nSPS) is 41.7. The van der Waals surface area contributed by atoms with E-state index in [0.717, 1.165) is 0 Å². The number of thioether (sulfide) groups is 1. The molecule has 2 fully saturated rings. The zero-order chi connectivity index (χ0) is 14.0. The molecule has 0 aromatic rings. The summed E-state index contributed by atoms with van der Waals surface area (Å²) in [6.07, 6.45) is -1.96. The number of rotatable bonds is 4. The Morgan fingerprint density at radius 3 is 2.89 bits per heavy atom. The van der Waals surface area contributed by atoms with Crippen molar-refractivity contribution in [1.82, 2.24) is 5.32 Å². The van der Waals surface area contributed by atoms with Gasteiger partial charge in [0.05, 0.1) is 12.1 Å². The average molecular weight is 288 g/mol. The fraction of sp³-hybridized carbons (Fsp3) is 0.750. The van der Waals surface area contributed by atoms with Crippen LogP contribution in [0.2, 0.25) is 0 Å². The number of ether oxygens (including phenoxy) is 1. The molecule has 7 heteroatoms. The van der Waals surface area contributed by atoms with Crippen molar-refractivity contribution in [3.05, 3.63) is 12.7 Å². The van der Waals surface area contributed by atoms with Crippen LogP contribution in [0.5, 0.6) is 0 Å². The topological polar surface area (TPSA) is 94.3 Å². The largest absolute Gasteiger partial charge is 0.390 e. The Kier molecular flexibility index (Phi) is 4.86. The van der Waals surface area contributed by atoms with Gasteiger partial charge in [-0.2, -0.15) is 0 Å². The number of hydrogen-bond acceptors (Lipinski definition) is 6. The standard InChI is InChI=1S/C12H20N2O4S/c1-3-5-6(15)10-9(17)8(16)7-11(18-10)19-12(14-7)13-4-2/h3,6-11,15-17H,1,4-5H2,2H3,(H,13,14)/t6-,7+,8?,9-,10+,11+/m0/s1. The summed E-state index contributed by atoms with van der Waals surface area (Å²) in [5.41, 5.74) is -0.354. The Hall–Kier alpha value is -0.600. The van der Waals surface area contributed by atoms with E-state index in [1.807, 2.05) is 6.92 Å². The van der Waals surface area contributed by atoms with Crippen molar-refractivity contribution in [1.29, 1.82) is 0 Å². The van der Waals surface area contributed by atoms with Gasteiger partial charge >= 0.3 is 0 Å². The molecule has 2 rings (SSSR count). The van der Waals surface area contributed by atoms with Crippen molar-refractivity contribution in [2.45, 2.75) is 49.2 Å². The quantitative estimate of drug-likeness (QED) is 0.519. The molecule has 4 N–H and O–H groups in total. The lowest BCUT2D eigenvalue weighted by molar-refractivity contribution is -0.186. The van der Waals surface area contributed by atoms with Crippen LogP contribution in [-0.2, 0) is 4.74 Å². The minimum atomic E-state index is -1.13. The van der Waals surface area contributed by atoms with Gasteiger partial charge in [0, 0.05) is 6.54 Å². The van der Waals surface area contributed by atoms with E-state index in [1.165, 1.54) is 11.8 Å². The highest BCUT2D eigenvalue weighted by Crippen LogP contribution is 2.35. The summed E-state index contributed by atoms with van der Waals surface area (Å²) >= 11 is 1.37. The number of amidine groups is 1. The van der Waals surface area contributed by atoms with Gasteiger partial charge in [-0.3, -0.25) is 4.99 Å². The molecule has 6 nitrogen and oxygen atoms in total. The Balaban J connectivity index is 2.10. The monoisotopic (exact) mass is 288 g/mol. The van der Waals surface area contributed by atoms with E-state index in [4.69, 9.17) is 4.74 Å².